The van der Waals surface area contributed by atoms with Gasteiger partial charge in [0, 0.05) is 16.8 Å². The first-order valence-electron chi connectivity index (χ1n) is 11.2. The van der Waals surface area contributed by atoms with E-state index >= 15 is 0 Å². The number of ether oxygens (including phenoxy) is 1. The summed E-state index contributed by atoms with van der Waals surface area (Å²) in [6, 6.07) is 23.8. The van der Waals surface area contributed by atoms with Crippen molar-refractivity contribution < 1.29 is 19.1 Å². The quantitative estimate of drug-likeness (QED) is 0.394. The predicted molar refractivity (Wildman–Crippen MR) is 136 cm³/mol. The molecule has 0 atom stereocenters. The maximum atomic E-state index is 13.1. The molecule has 4 aromatic rings. The molecule has 5 rings (SSSR count). The van der Waals surface area contributed by atoms with Gasteiger partial charge in [0.15, 0.2) is 0 Å². The maximum absolute atomic E-state index is 13.1. The number of hydrogen-bond acceptors (Lipinski definition) is 4. The summed E-state index contributed by atoms with van der Waals surface area (Å²) in [5, 5.41) is 7.61. The number of hydrogen-bond donors (Lipinski definition) is 2. The zero-order valence-electron chi connectivity index (χ0n) is 19.3. The summed E-state index contributed by atoms with van der Waals surface area (Å²) in [5.74, 6) is -0.482. The molecule has 0 unspecified atom stereocenters. The molecule has 1 aliphatic rings. The molecule has 0 aliphatic carbocycles. The summed E-state index contributed by atoms with van der Waals surface area (Å²) >= 11 is 0. The second-order valence-electron chi connectivity index (χ2n) is 8.29. The number of fused-ring (bicyclic) bond motifs is 3. The van der Waals surface area contributed by atoms with Crippen molar-refractivity contribution in [3.05, 3.63) is 90.0 Å². The van der Waals surface area contributed by atoms with Gasteiger partial charge in [-0.15, -0.1) is 0 Å². The lowest BCUT2D eigenvalue weighted by molar-refractivity contribution is -0.124. The Kier molecular flexibility index (Phi) is 5.66. The van der Waals surface area contributed by atoms with Gasteiger partial charge >= 0.3 is 0 Å². The van der Waals surface area contributed by atoms with Gasteiger partial charge in [0.1, 0.15) is 12.2 Å². The molecule has 3 amide bonds. The highest BCUT2D eigenvalue weighted by molar-refractivity contribution is 6.21. The Labute approximate surface area is 202 Å². The minimum Gasteiger partial charge on any atom is -0.496 e. The summed E-state index contributed by atoms with van der Waals surface area (Å²) in [6.07, 6.45) is -0.269. The lowest BCUT2D eigenvalue weighted by Crippen LogP contribution is -2.26. The number of carbonyl (C=O) groups is 3. The van der Waals surface area contributed by atoms with E-state index in [4.69, 9.17) is 4.74 Å². The Morgan fingerprint density at radius 2 is 1.71 bits per heavy atom. The summed E-state index contributed by atoms with van der Waals surface area (Å²) < 4.78 is 5.34. The third-order valence-electron chi connectivity index (χ3n) is 6.04. The number of aryl methyl sites for hydroxylation is 1. The van der Waals surface area contributed by atoms with E-state index in [9.17, 15) is 14.4 Å². The van der Waals surface area contributed by atoms with Gasteiger partial charge in [-0.1, -0.05) is 42.5 Å². The van der Waals surface area contributed by atoms with Crippen molar-refractivity contribution >= 4 is 51.2 Å². The average molecular weight is 466 g/mol. The van der Waals surface area contributed by atoms with Crippen molar-refractivity contribution in [1.29, 1.82) is 0 Å². The molecule has 174 valence electrons. The molecule has 0 aromatic heterocycles. The molecule has 0 fully saturated rings. The van der Waals surface area contributed by atoms with Crippen LogP contribution in [0.3, 0.4) is 0 Å². The lowest BCUT2D eigenvalue weighted by atomic mass is 10.1. The Bertz CT molecular complexity index is 1480. The second kappa shape index (κ2) is 8.95. The van der Waals surface area contributed by atoms with Gasteiger partial charge in [-0.2, -0.15) is 0 Å². The standard InChI is InChI=1S/C28H23N3O4/c1-17-6-5-9-23(35-2)26(17)28(34)29-19-11-13-20(14-12-19)31-22-15-10-18-7-3-4-8-21(18)27(22)30-24(32)16-25(31)33/h3-15H,16H2,1-2H3,(H,29,34)(H,30,32). The largest absolute Gasteiger partial charge is 0.496 e. The molecule has 7 nitrogen and oxygen atoms in total. The smallest absolute Gasteiger partial charge is 0.259 e. The van der Waals surface area contributed by atoms with E-state index in [0.717, 1.165) is 16.3 Å². The molecule has 7 heteroatoms. The van der Waals surface area contributed by atoms with Gasteiger partial charge in [0.05, 0.1) is 24.0 Å². The number of amides is 3. The number of rotatable bonds is 4. The Balaban J connectivity index is 1.49. The van der Waals surface area contributed by atoms with Gasteiger partial charge in [-0.25, -0.2) is 0 Å². The molecule has 0 spiro atoms. The number of methoxy groups -OCH3 is 1. The van der Waals surface area contributed by atoms with Crippen LogP contribution in [0.4, 0.5) is 22.7 Å². The van der Waals surface area contributed by atoms with Crippen molar-refractivity contribution in [2.75, 3.05) is 22.6 Å². The third kappa shape index (κ3) is 4.08. The van der Waals surface area contributed by atoms with E-state index in [-0.39, 0.29) is 24.1 Å². The molecule has 0 radical (unpaired) electrons. The number of anilines is 4. The van der Waals surface area contributed by atoms with Crippen LogP contribution in [-0.4, -0.2) is 24.8 Å². The van der Waals surface area contributed by atoms with Gasteiger partial charge in [0.25, 0.3) is 5.91 Å². The fourth-order valence-electron chi connectivity index (χ4n) is 4.38. The van der Waals surface area contributed by atoms with Crippen LogP contribution in [0.1, 0.15) is 22.3 Å². The highest BCUT2D eigenvalue weighted by Crippen LogP contribution is 2.40. The first kappa shape index (κ1) is 22.2. The maximum Gasteiger partial charge on any atom is 0.259 e. The fourth-order valence-corrected chi connectivity index (χ4v) is 4.38. The summed E-state index contributed by atoms with van der Waals surface area (Å²) in [6.45, 7) is 1.85. The summed E-state index contributed by atoms with van der Waals surface area (Å²) in [4.78, 5) is 40.0. The fraction of sp³-hybridized carbons (Fsp3) is 0.107. The zero-order valence-corrected chi connectivity index (χ0v) is 19.3. The molecule has 0 bridgehead atoms. The van der Waals surface area contributed by atoms with Crippen LogP contribution in [-0.2, 0) is 9.59 Å². The minimum absolute atomic E-state index is 0.269. The highest BCUT2D eigenvalue weighted by atomic mass is 16.5. The Morgan fingerprint density at radius 3 is 2.49 bits per heavy atom. The lowest BCUT2D eigenvalue weighted by Gasteiger charge is -2.23. The Morgan fingerprint density at radius 1 is 0.943 bits per heavy atom. The normalized spacial score (nSPS) is 13.1. The van der Waals surface area contributed by atoms with Crippen LogP contribution >= 0.6 is 0 Å². The van der Waals surface area contributed by atoms with Gasteiger partial charge in [-0.3, -0.25) is 19.3 Å². The molecule has 35 heavy (non-hydrogen) atoms. The second-order valence-corrected chi connectivity index (χ2v) is 8.29. The van der Waals surface area contributed by atoms with Gasteiger partial charge in [-0.05, 0) is 54.3 Å². The molecule has 4 aromatic carbocycles. The molecule has 1 aliphatic heterocycles. The van der Waals surface area contributed by atoms with Crippen molar-refractivity contribution in [3.63, 3.8) is 0 Å². The first-order chi connectivity index (χ1) is 17.0. The average Bonchev–Trinajstić information content (AvgIpc) is 2.98. The van der Waals surface area contributed by atoms with Crippen LogP contribution in [0.25, 0.3) is 10.8 Å². The molecule has 1 heterocycles. The molecular formula is C28H23N3O4. The van der Waals surface area contributed by atoms with Crippen LogP contribution < -0.4 is 20.3 Å². The van der Waals surface area contributed by atoms with Crippen molar-refractivity contribution in [3.8, 4) is 5.75 Å². The van der Waals surface area contributed by atoms with E-state index in [1.54, 1.807) is 30.3 Å². The van der Waals surface area contributed by atoms with E-state index in [1.807, 2.05) is 55.5 Å². The van der Waals surface area contributed by atoms with Crippen LogP contribution in [0, 0.1) is 6.92 Å². The van der Waals surface area contributed by atoms with Crippen molar-refractivity contribution in [1.82, 2.24) is 0 Å². The van der Waals surface area contributed by atoms with E-state index < -0.39 is 0 Å². The molecule has 2 N–H and O–H groups in total. The minimum atomic E-state index is -0.355. The van der Waals surface area contributed by atoms with E-state index in [0.29, 0.717) is 34.1 Å². The third-order valence-corrected chi connectivity index (χ3v) is 6.04. The van der Waals surface area contributed by atoms with Crippen LogP contribution in [0.15, 0.2) is 78.9 Å². The predicted octanol–water partition coefficient (Wildman–Crippen LogP) is 5.42. The van der Waals surface area contributed by atoms with E-state index in [1.165, 1.54) is 12.0 Å². The molecule has 0 saturated carbocycles. The van der Waals surface area contributed by atoms with Crippen LogP contribution in [0.5, 0.6) is 5.75 Å². The first-order valence-corrected chi connectivity index (χ1v) is 11.2. The Hall–Kier alpha value is -4.65. The highest BCUT2D eigenvalue weighted by Gasteiger charge is 2.28. The summed E-state index contributed by atoms with van der Waals surface area (Å²) in [7, 11) is 1.53. The SMILES string of the molecule is COc1cccc(C)c1C(=O)Nc1ccc(N2C(=O)CC(=O)Nc3c2ccc2ccccc32)cc1. The van der Waals surface area contributed by atoms with Gasteiger partial charge in [0.2, 0.25) is 11.8 Å². The van der Waals surface area contributed by atoms with Crippen molar-refractivity contribution in [2.45, 2.75) is 13.3 Å². The number of nitrogens with one attached hydrogen (secondary N) is 2. The number of nitrogens with zero attached hydrogens (tertiary/aromatic N) is 1. The number of benzene rings is 4. The van der Waals surface area contributed by atoms with Crippen molar-refractivity contribution in [2.24, 2.45) is 0 Å². The molecule has 0 saturated heterocycles. The molecular weight excluding hydrogens is 442 g/mol. The van der Waals surface area contributed by atoms with Crippen LogP contribution in [0.2, 0.25) is 0 Å². The topological polar surface area (TPSA) is 87.7 Å². The zero-order chi connectivity index (χ0) is 24.5. The van der Waals surface area contributed by atoms with Gasteiger partial charge < -0.3 is 15.4 Å². The summed E-state index contributed by atoms with van der Waals surface area (Å²) in [5.41, 5.74) is 3.62. The number of carbonyl (C=O) groups excluding carboxylic acids is 3. The van der Waals surface area contributed by atoms with E-state index in [2.05, 4.69) is 10.6 Å². The monoisotopic (exact) mass is 465 g/mol.